The fourth-order valence-corrected chi connectivity index (χ4v) is 6.84. The minimum Gasteiger partial charge on any atom is -0.384 e. The monoisotopic (exact) mass is 479 g/mol. The quantitative estimate of drug-likeness (QED) is 0.611. The van der Waals surface area contributed by atoms with Gasteiger partial charge in [-0.1, -0.05) is 31.6 Å². The number of piperidine rings is 1. The van der Waals surface area contributed by atoms with Gasteiger partial charge < -0.3 is 20.3 Å². The zero-order valence-electron chi connectivity index (χ0n) is 21.2. The summed E-state index contributed by atoms with van der Waals surface area (Å²) >= 11 is 0. The van der Waals surface area contributed by atoms with Crippen molar-refractivity contribution in [3.8, 4) is 0 Å². The molecule has 5 rings (SSSR count). The van der Waals surface area contributed by atoms with Gasteiger partial charge in [0.1, 0.15) is 6.04 Å². The Morgan fingerprint density at radius 3 is 2.66 bits per heavy atom. The molecule has 2 aliphatic carbocycles. The number of amides is 2. The van der Waals surface area contributed by atoms with Gasteiger partial charge >= 0.3 is 0 Å². The Kier molecular flexibility index (Phi) is 7.59. The summed E-state index contributed by atoms with van der Waals surface area (Å²) in [6.45, 7) is 5.29. The second-order valence-corrected chi connectivity index (χ2v) is 11.3. The number of hydrogen-bond donors (Lipinski definition) is 2. The summed E-state index contributed by atoms with van der Waals surface area (Å²) in [5, 5.41) is 6.88. The van der Waals surface area contributed by atoms with Crippen molar-refractivity contribution in [3.05, 3.63) is 47.2 Å². The summed E-state index contributed by atoms with van der Waals surface area (Å²) in [4.78, 5) is 27.3. The van der Waals surface area contributed by atoms with Crippen LogP contribution in [0.2, 0.25) is 0 Å². The first kappa shape index (κ1) is 24.5. The molecule has 1 saturated heterocycles. The van der Waals surface area contributed by atoms with Crippen molar-refractivity contribution in [1.82, 2.24) is 15.5 Å². The second kappa shape index (κ2) is 10.8. The zero-order chi connectivity index (χ0) is 24.4. The third-order valence-corrected chi connectivity index (χ3v) is 8.81. The van der Waals surface area contributed by atoms with Gasteiger partial charge in [-0.2, -0.15) is 0 Å². The molecule has 190 valence electrons. The number of fused-ring (bicyclic) bond motifs is 1. The van der Waals surface area contributed by atoms with Gasteiger partial charge in [0.05, 0.1) is 0 Å². The van der Waals surface area contributed by atoms with E-state index in [1.165, 1.54) is 56.9 Å². The Morgan fingerprint density at radius 1 is 1.09 bits per heavy atom. The number of ether oxygens (including phenoxy) is 1. The summed E-state index contributed by atoms with van der Waals surface area (Å²) in [7, 11) is 1.81. The molecule has 0 aromatic heterocycles. The molecule has 0 radical (unpaired) electrons. The molecule has 1 aromatic rings. The maximum Gasteiger partial charge on any atom is 0.255 e. The molecule has 2 heterocycles. The van der Waals surface area contributed by atoms with E-state index in [0.717, 1.165) is 42.2 Å². The van der Waals surface area contributed by atoms with E-state index in [-0.39, 0.29) is 11.8 Å². The minimum atomic E-state index is -0.394. The molecule has 4 aliphatic rings. The smallest absolute Gasteiger partial charge is 0.255 e. The number of nitrogens with one attached hydrogen (secondary N) is 2. The first-order chi connectivity index (χ1) is 17.0. The van der Waals surface area contributed by atoms with Crippen LogP contribution in [0.5, 0.6) is 0 Å². The molecule has 6 nitrogen and oxygen atoms in total. The maximum absolute atomic E-state index is 13.1. The van der Waals surface area contributed by atoms with E-state index in [0.29, 0.717) is 31.0 Å². The van der Waals surface area contributed by atoms with Crippen LogP contribution in [0.25, 0.3) is 0 Å². The highest BCUT2D eigenvalue weighted by Crippen LogP contribution is 2.33. The van der Waals surface area contributed by atoms with E-state index in [2.05, 4.69) is 29.3 Å². The Bertz CT molecular complexity index is 952. The fraction of sp³-hybridized carbons (Fsp3) is 0.655. The first-order valence-electron chi connectivity index (χ1n) is 13.7. The van der Waals surface area contributed by atoms with Gasteiger partial charge in [-0.25, -0.2) is 0 Å². The number of carbonyl (C=O) groups is 2. The lowest BCUT2D eigenvalue weighted by atomic mass is 9.79. The molecule has 0 spiro atoms. The summed E-state index contributed by atoms with van der Waals surface area (Å²) < 4.78 is 5.37. The molecular formula is C29H41N3O3. The minimum absolute atomic E-state index is 0.0134. The summed E-state index contributed by atoms with van der Waals surface area (Å²) in [5.41, 5.74) is 3.90. The van der Waals surface area contributed by atoms with Crippen molar-refractivity contribution in [2.24, 2.45) is 11.8 Å². The van der Waals surface area contributed by atoms with Crippen LogP contribution in [0, 0.1) is 11.8 Å². The fourth-order valence-electron chi connectivity index (χ4n) is 6.84. The zero-order valence-corrected chi connectivity index (χ0v) is 21.2. The number of carbonyl (C=O) groups excluding carboxylic acids is 2. The van der Waals surface area contributed by atoms with Gasteiger partial charge in [-0.15, -0.1) is 0 Å². The molecule has 1 unspecified atom stereocenters. The maximum atomic E-state index is 13.1. The number of allylic oxidation sites excluding steroid dienone is 1. The molecule has 35 heavy (non-hydrogen) atoms. The molecule has 6 heteroatoms. The number of rotatable bonds is 7. The van der Waals surface area contributed by atoms with Crippen molar-refractivity contribution in [2.75, 3.05) is 13.7 Å². The van der Waals surface area contributed by atoms with Gasteiger partial charge in [0.15, 0.2) is 0 Å². The van der Waals surface area contributed by atoms with Crippen LogP contribution < -0.4 is 10.6 Å². The van der Waals surface area contributed by atoms with Gasteiger partial charge in [0.25, 0.3) is 5.91 Å². The summed E-state index contributed by atoms with van der Waals surface area (Å²) in [6, 6.07) is 7.19. The van der Waals surface area contributed by atoms with Crippen LogP contribution in [0.15, 0.2) is 30.5 Å². The Hall–Kier alpha value is -2.18. The molecule has 2 N–H and O–H groups in total. The SMILES string of the molecule is C=C1CCC(N2Cc3cc(C[C@H]4CCCC[C@@H]4N[C@H]4CC[C@H](COC)CC4)ccc3C2=O)C(=O)N1. The topological polar surface area (TPSA) is 70.7 Å². The predicted molar refractivity (Wildman–Crippen MR) is 137 cm³/mol. The lowest BCUT2D eigenvalue weighted by Gasteiger charge is -2.38. The molecule has 3 fully saturated rings. The standard InChI is InChI=1S/C29H41N3O3/c1-19-7-14-27(28(33)30-19)32-17-23-16-21(10-13-25(23)29(32)34)15-22-5-3-4-6-26(22)31-24-11-8-20(9-12-24)18-35-2/h10,13,16,20,22,24,26-27,31H,1,3-9,11-12,14-15,17-18H2,2H3,(H,30,33)/t20-,22-,24-,26+,27?/m1/s1. The molecule has 2 saturated carbocycles. The third kappa shape index (κ3) is 5.49. The lowest BCUT2D eigenvalue weighted by Crippen LogP contribution is -2.49. The normalized spacial score (nSPS) is 31.4. The van der Waals surface area contributed by atoms with Crippen LogP contribution in [0.1, 0.15) is 85.7 Å². The Morgan fingerprint density at radius 2 is 1.89 bits per heavy atom. The van der Waals surface area contributed by atoms with E-state index < -0.39 is 6.04 Å². The van der Waals surface area contributed by atoms with E-state index in [4.69, 9.17) is 4.74 Å². The summed E-state index contributed by atoms with van der Waals surface area (Å²) in [5.74, 6) is 1.25. The summed E-state index contributed by atoms with van der Waals surface area (Å²) in [6.07, 6.45) is 12.7. The number of methoxy groups -OCH3 is 1. The van der Waals surface area contributed by atoms with Crippen LogP contribution in [-0.4, -0.2) is 48.6 Å². The van der Waals surface area contributed by atoms with Crippen LogP contribution in [0.3, 0.4) is 0 Å². The first-order valence-corrected chi connectivity index (χ1v) is 13.7. The number of benzene rings is 1. The van der Waals surface area contributed by atoms with Gasteiger partial charge in [0.2, 0.25) is 5.91 Å². The molecule has 2 amide bonds. The van der Waals surface area contributed by atoms with Crippen molar-refractivity contribution in [2.45, 2.75) is 95.3 Å². The predicted octanol–water partition coefficient (Wildman–Crippen LogP) is 4.33. The molecular weight excluding hydrogens is 438 g/mol. The van der Waals surface area contributed by atoms with Crippen molar-refractivity contribution in [1.29, 1.82) is 0 Å². The van der Waals surface area contributed by atoms with E-state index in [1.807, 2.05) is 13.2 Å². The number of nitrogens with zero attached hydrogens (tertiary/aromatic N) is 1. The van der Waals surface area contributed by atoms with Crippen molar-refractivity contribution in [3.63, 3.8) is 0 Å². The molecule has 3 atom stereocenters. The molecule has 2 aliphatic heterocycles. The largest absolute Gasteiger partial charge is 0.384 e. The van der Waals surface area contributed by atoms with Crippen LogP contribution in [0.4, 0.5) is 0 Å². The highest BCUT2D eigenvalue weighted by molar-refractivity contribution is 6.01. The third-order valence-electron chi connectivity index (χ3n) is 8.81. The van der Waals surface area contributed by atoms with Crippen LogP contribution >= 0.6 is 0 Å². The van der Waals surface area contributed by atoms with Crippen LogP contribution in [-0.2, 0) is 22.5 Å². The number of hydrogen-bond acceptors (Lipinski definition) is 4. The highest BCUT2D eigenvalue weighted by Gasteiger charge is 2.38. The van der Waals surface area contributed by atoms with E-state index >= 15 is 0 Å². The average molecular weight is 480 g/mol. The average Bonchev–Trinajstić information content (AvgIpc) is 3.17. The second-order valence-electron chi connectivity index (χ2n) is 11.3. The van der Waals surface area contributed by atoms with Crippen molar-refractivity contribution < 1.29 is 14.3 Å². The van der Waals surface area contributed by atoms with Gasteiger partial charge in [-0.05, 0) is 86.8 Å². The van der Waals surface area contributed by atoms with Gasteiger partial charge in [-0.3, -0.25) is 9.59 Å². The molecule has 0 bridgehead atoms. The Labute approximate surface area is 209 Å². The Balaban J connectivity index is 1.21. The van der Waals surface area contributed by atoms with Crippen molar-refractivity contribution >= 4 is 11.8 Å². The highest BCUT2D eigenvalue weighted by atomic mass is 16.5. The molecule has 1 aromatic carbocycles. The van der Waals surface area contributed by atoms with Gasteiger partial charge in [0, 0.05) is 43.6 Å². The van der Waals surface area contributed by atoms with E-state index in [9.17, 15) is 9.59 Å². The lowest BCUT2D eigenvalue weighted by molar-refractivity contribution is -0.126. The van der Waals surface area contributed by atoms with E-state index in [1.54, 1.807) is 4.90 Å².